The molecule has 0 atom stereocenters. The molecule has 0 unspecified atom stereocenters. The van der Waals surface area contributed by atoms with Crippen molar-refractivity contribution in [3.05, 3.63) is 42.1 Å². The van der Waals surface area contributed by atoms with Crippen LogP contribution in [0.2, 0.25) is 0 Å². The van der Waals surface area contributed by atoms with Gasteiger partial charge in [-0.1, -0.05) is 35.5 Å². The van der Waals surface area contributed by atoms with Gasteiger partial charge in [0.25, 0.3) is 0 Å². The SMILES string of the molecule is CCNC(=NCc1cc(-c2ccccc2)on1)N1CCC(CC(=O)NC)CC1. The summed E-state index contributed by atoms with van der Waals surface area (Å²) >= 11 is 0. The predicted molar refractivity (Wildman–Crippen MR) is 110 cm³/mol. The van der Waals surface area contributed by atoms with Gasteiger partial charge in [0.1, 0.15) is 5.69 Å². The summed E-state index contributed by atoms with van der Waals surface area (Å²) in [5, 5.41) is 10.2. The number of benzene rings is 1. The third kappa shape index (κ3) is 5.34. The molecule has 0 spiro atoms. The minimum absolute atomic E-state index is 0.124. The smallest absolute Gasteiger partial charge is 0.220 e. The van der Waals surface area contributed by atoms with Crippen molar-refractivity contribution in [2.45, 2.75) is 32.7 Å². The Labute approximate surface area is 166 Å². The maximum Gasteiger partial charge on any atom is 0.220 e. The molecule has 2 N–H and O–H groups in total. The fraction of sp³-hybridized carbons (Fsp3) is 0.476. The van der Waals surface area contributed by atoms with E-state index in [1.165, 1.54) is 0 Å². The fourth-order valence-corrected chi connectivity index (χ4v) is 3.42. The first-order chi connectivity index (χ1) is 13.7. The second kappa shape index (κ2) is 9.92. The molecule has 2 aromatic rings. The van der Waals surface area contributed by atoms with Gasteiger partial charge in [0.05, 0.1) is 6.54 Å². The van der Waals surface area contributed by atoms with Crippen molar-refractivity contribution in [2.75, 3.05) is 26.7 Å². The number of rotatable bonds is 6. The van der Waals surface area contributed by atoms with Gasteiger partial charge < -0.3 is 20.1 Å². The Kier molecular flexibility index (Phi) is 7.06. The lowest BCUT2D eigenvalue weighted by molar-refractivity contribution is -0.121. The topological polar surface area (TPSA) is 82.8 Å². The summed E-state index contributed by atoms with van der Waals surface area (Å²) in [6.45, 7) is 5.16. The third-order valence-corrected chi connectivity index (χ3v) is 5.01. The largest absolute Gasteiger partial charge is 0.359 e. The van der Waals surface area contributed by atoms with Crippen LogP contribution in [0.15, 0.2) is 45.9 Å². The van der Waals surface area contributed by atoms with Crippen LogP contribution in [0.3, 0.4) is 0 Å². The van der Waals surface area contributed by atoms with Gasteiger partial charge in [0.15, 0.2) is 11.7 Å². The lowest BCUT2D eigenvalue weighted by Crippen LogP contribution is -2.46. The van der Waals surface area contributed by atoms with Gasteiger partial charge in [-0.3, -0.25) is 4.79 Å². The molecule has 150 valence electrons. The molecule has 0 bridgehead atoms. The first-order valence-corrected chi connectivity index (χ1v) is 9.94. The Balaban J connectivity index is 1.59. The van der Waals surface area contributed by atoms with Crippen LogP contribution < -0.4 is 10.6 Å². The molecule has 7 heteroatoms. The zero-order valence-corrected chi connectivity index (χ0v) is 16.6. The molecule has 0 aliphatic carbocycles. The number of hydrogen-bond acceptors (Lipinski definition) is 4. The maximum absolute atomic E-state index is 11.6. The molecule has 1 aliphatic heterocycles. The van der Waals surface area contributed by atoms with Gasteiger partial charge in [0.2, 0.25) is 5.91 Å². The van der Waals surface area contributed by atoms with Crippen LogP contribution in [0.25, 0.3) is 11.3 Å². The maximum atomic E-state index is 11.6. The van der Waals surface area contributed by atoms with Crippen LogP contribution in [0.5, 0.6) is 0 Å². The van der Waals surface area contributed by atoms with E-state index in [1.54, 1.807) is 7.05 Å². The van der Waals surface area contributed by atoms with Crippen LogP contribution in [-0.4, -0.2) is 48.6 Å². The van der Waals surface area contributed by atoms with Gasteiger partial charge in [-0.15, -0.1) is 0 Å². The third-order valence-electron chi connectivity index (χ3n) is 5.01. The normalized spacial score (nSPS) is 15.5. The number of guanidine groups is 1. The Morgan fingerprint density at radius 1 is 1.29 bits per heavy atom. The number of hydrogen-bond donors (Lipinski definition) is 2. The van der Waals surface area contributed by atoms with Crippen molar-refractivity contribution in [3.8, 4) is 11.3 Å². The number of carbonyl (C=O) groups excluding carboxylic acids is 1. The summed E-state index contributed by atoms with van der Waals surface area (Å²) in [7, 11) is 1.69. The van der Waals surface area contributed by atoms with E-state index in [1.807, 2.05) is 36.4 Å². The second-order valence-corrected chi connectivity index (χ2v) is 7.03. The highest BCUT2D eigenvalue weighted by molar-refractivity contribution is 5.80. The molecular weight excluding hydrogens is 354 g/mol. The highest BCUT2D eigenvalue weighted by atomic mass is 16.5. The number of piperidine rings is 1. The molecule has 1 aromatic carbocycles. The van der Waals surface area contributed by atoms with Gasteiger partial charge in [-0.25, -0.2) is 4.99 Å². The van der Waals surface area contributed by atoms with E-state index in [0.717, 1.165) is 55.5 Å². The monoisotopic (exact) mass is 383 g/mol. The lowest BCUT2D eigenvalue weighted by atomic mass is 9.93. The number of likely N-dealkylation sites (tertiary alicyclic amines) is 1. The van der Waals surface area contributed by atoms with Crippen molar-refractivity contribution < 1.29 is 9.32 Å². The van der Waals surface area contributed by atoms with E-state index in [-0.39, 0.29) is 5.91 Å². The zero-order valence-electron chi connectivity index (χ0n) is 16.6. The van der Waals surface area contributed by atoms with Gasteiger partial charge >= 0.3 is 0 Å². The molecule has 0 saturated carbocycles. The summed E-state index contributed by atoms with van der Waals surface area (Å²) < 4.78 is 5.46. The average molecular weight is 383 g/mol. The fourth-order valence-electron chi connectivity index (χ4n) is 3.42. The number of amides is 1. The molecule has 3 rings (SSSR count). The highest BCUT2D eigenvalue weighted by Crippen LogP contribution is 2.22. The Hall–Kier alpha value is -2.83. The average Bonchev–Trinajstić information content (AvgIpc) is 3.21. The summed E-state index contributed by atoms with van der Waals surface area (Å²) in [5.41, 5.74) is 1.82. The van der Waals surface area contributed by atoms with E-state index in [4.69, 9.17) is 9.52 Å². The standard InChI is InChI=1S/C21H29N5O2/c1-3-23-21(26-11-9-16(10-12-26)13-20(27)22-2)24-15-18-14-19(28-25-18)17-7-5-4-6-8-17/h4-8,14,16H,3,9-13,15H2,1-2H3,(H,22,27)(H,23,24). The van der Waals surface area contributed by atoms with E-state index >= 15 is 0 Å². The van der Waals surface area contributed by atoms with E-state index in [9.17, 15) is 4.79 Å². The number of nitrogens with one attached hydrogen (secondary N) is 2. The predicted octanol–water partition coefficient (Wildman–Crippen LogP) is 2.66. The Morgan fingerprint density at radius 2 is 2.04 bits per heavy atom. The molecule has 1 fully saturated rings. The van der Waals surface area contributed by atoms with Crippen LogP contribution in [0.4, 0.5) is 0 Å². The van der Waals surface area contributed by atoms with Crippen LogP contribution in [-0.2, 0) is 11.3 Å². The zero-order chi connectivity index (χ0) is 19.8. The van der Waals surface area contributed by atoms with Crippen molar-refractivity contribution in [2.24, 2.45) is 10.9 Å². The Morgan fingerprint density at radius 3 is 2.71 bits per heavy atom. The van der Waals surface area contributed by atoms with E-state index in [2.05, 4.69) is 27.6 Å². The molecule has 7 nitrogen and oxygen atoms in total. The molecule has 1 aliphatic rings. The quantitative estimate of drug-likeness (QED) is 0.592. The van der Waals surface area contributed by atoms with Crippen molar-refractivity contribution in [3.63, 3.8) is 0 Å². The van der Waals surface area contributed by atoms with E-state index < -0.39 is 0 Å². The first-order valence-electron chi connectivity index (χ1n) is 9.94. The molecule has 2 heterocycles. The minimum Gasteiger partial charge on any atom is -0.359 e. The Bertz CT molecular complexity index is 779. The van der Waals surface area contributed by atoms with Gasteiger partial charge in [-0.2, -0.15) is 0 Å². The number of aliphatic imine (C=N–C) groups is 1. The highest BCUT2D eigenvalue weighted by Gasteiger charge is 2.23. The van der Waals surface area contributed by atoms with Crippen molar-refractivity contribution in [1.29, 1.82) is 0 Å². The molecule has 1 saturated heterocycles. The lowest BCUT2D eigenvalue weighted by Gasteiger charge is -2.34. The first kappa shape index (κ1) is 19.9. The van der Waals surface area contributed by atoms with Crippen molar-refractivity contribution in [1.82, 2.24) is 20.7 Å². The number of carbonyl (C=O) groups is 1. The summed E-state index contributed by atoms with van der Waals surface area (Å²) in [6, 6.07) is 11.9. The minimum atomic E-state index is 0.124. The molecule has 1 amide bonds. The van der Waals surface area contributed by atoms with Crippen LogP contribution in [0, 0.1) is 5.92 Å². The van der Waals surface area contributed by atoms with Crippen LogP contribution >= 0.6 is 0 Å². The molecule has 0 radical (unpaired) electrons. The molecule has 28 heavy (non-hydrogen) atoms. The van der Waals surface area contributed by atoms with Gasteiger partial charge in [0, 0.05) is 44.7 Å². The molecular formula is C21H29N5O2. The van der Waals surface area contributed by atoms with Gasteiger partial charge in [-0.05, 0) is 25.7 Å². The summed E-state index contributed by atoms with van der Waals surface area (Å²) in [5.74, 6) is 2.22. The van der Waals surface area contributed by atoms with E-state index in [0.29, 0.717) is 18.9 Å². The summed E-state index contributed by atoms with van der Waals surface area (Å²) in [4.78, 5) is 18.6. The molecule has 1 aromatic heterocycles. The van der Waals surface area contributed by atoms with Crippen molar-refractivity contribution >= 4 is 11.9 Å². The van der Waals surface area contributed by atoms with Crippen LogP contribution in [0.1, 0.15) is 31.9 Å². The number of nitrogens with zero attached hydrogens (tertiary/aromatic N) is 3. The summed E-state index contributed by atoms with van der Waals surface area (Å²) in [6.07, 6.45) is 2.61. The number of aromatic nitrogens is 1. The second-order valence-electron chi connectivity index (χ2n) is 7.03.